The molecule has 1 saturated carbocycles. The smallest absolute Gasteiger partial charge is 0.201 e. The van der Waals surface area contributed by atoms with Crippen LogP contribution in [0.4, 0.5) is 5.95 Å². The Kier molecular flexibility index (Phi) is 3.56. The molecule has 2 aromatic rings. The van der Waals surface area contributed by atoms with Crippen LogP contribution in [0.5, 0.6) is 0 Å². The first kappa shape index (κ1) is 14.0. The average molecular weight is 314 g/mol. The third-order valence-electron chi connectivity index (χ3n) is 4.11. The van der Waals surface area contributed by atoms with Crippen LogP contribution in [0.15, 0.2) is 12.1 Å². The van der Waals surface area contributed by atoms with Crippen molar-refractivity contribution in [1.82, 2.24) is 9.55 Å². The summed E-state index contributed by atoms with van der Waals surface area (Å²) in [7, 11) is 1.73. The standard InChI is InChI=1S/C14H17Cl2N3O/c1-20-5-4-14(2-3-14)8-19-12-7-10(16)9(15)6-11(12)18-13(19)17/h6-7H,2-5,8H2,1H3,(H2,17,18). The highest BCUT2D eigenvalue weighted by atomic mass is 35.5. The molecule has 1 aliphatic rings. The molecule has 2 N–H and O–H groups in total. The first-order valence-electron chi connectivity index (χ1n) is 6.64. The van der Waals surface area contributed by atoms with Gasteiger partial charge in [-0.2, -0.15) is 0 Å². The van der Waals surface area contributed by atoms with E-state index in [2.05, 4.69) is 4.98 Å². The van der Waals surface area contributed by atoms with Gasteiger partial charge >= 0.3 is 0 Å². The van der Waals surface area contributed by atoms with Crippen molar-refractivity contribution in [2.75, 3.05) is 19.5 Å². The third kappa shape index (κ3) is 2.48. The van der Waals surface area contributed by atoms with Crippen molar-refractivity contribution in [3.05, 3.63) is 22.2 Å². The average Bonchev–Trinajstić information content (AvgIpc) is 3.12. The summed E-state index contributed by atoms with van der Waals surface area (Å²) in [5.41, 5.74) is 8.08. The fourth-order valence-corrected chi connectivity index (χ4v) is 2.94. The summed E-state index contributed by atoms with van der Waals surface area (Å²) in [6.45, 7) is 1.63. The Morgan fingerprint density at radius 3 is 2.70 bits per heavy atom. The van der Waals surface area contributed by atoms with Gasteiger partial charge in [0.1, 0.15) is 0 Å². The molecule has 6 heteroatoms. The number of halogens is 2. The highest BCUT2D eigenvalue weighted by molar-refractivity contribution is 6.42. The number of benzene rings is 1. The summed E-state index contributed by atoms with van der Waals surface area (Å²) >= 11 is 12.1. The second-order valence-corrected chi connectivity index (χ2v) is 6.37. The molecule has 0 unspecified atom stereocenters. The number of hydrogen-bond donors (Lipinski definition) is 1. The number of fused-ring (bicyclic) bond motifs is 1. The first-order chi connectivity index (χ1) is 9.54. The molecule has 3 rings (SSSR count). The lowest BCUT2D eigenvalue weighted by atomic mass is 10.0. The van der Waals surface area contributed by atoms with E-state index >= 15 is 0 Å². The van der Waals surface area contributed by atoms with Crippen molar-refractivity contribution >= 4 is 40.2 Å². The lowest BCUT2D eigenvalue weighted by molar-refractivity contribution is 0.167. The van der Waals surface area contributed by atoms with E-state index in [0.717, 1.165) is 30.6 Å². The predicted octanol–water partition coefficient (Wildman–Crippen LogP) is 3.74. The number of ether oxygens (including phenoxy) is 1. The molecular formula is C14H17Cl2N3O. The van der Waals surface area contributed by atoms with Crippen molar-refractivity contribution in [3.8, 4) is 0 Å². The van der Waals surface area contributed by atoms with Crippen LogP contribution >= 0.6 is 23.2 Å². The van der Waals surface area contributed by atoms with Crippen LogP contribution in [0.1, 0.15) is 19.3 Å². The van der Waals surface area contributed by atoms with Crippen LogP contribution in [-0.2, 0) is 11.3 Å². The molecule has 0 amide bonds. The highest BCUT2D eigenvalue weighted by Gasteiger charge is 2.42. The van der Waals surface area contributed by atoms with Crippen molar-refractivity contribution in [2.45, 2.75) is 25.8 Å². The summed E-state index contributed by atoms with van der Waals surface area (Å²) in [5.74, 6) is 0.516. The van der Waals surface area contributed by atoms with Gasteiger partial charge in [-0.1, -0.05) is 23.2 Å². The number of methoxy groups -OCH3 is 1. The van der Waals surface area contributed by atoms with E-state index in [1.165, 1.54) is 12.8 Å². The molecular weight excluding hydrogens is 297 g/mol. The van der Waals surface area contributed by atoms with Crippen LogP contribution in [0.3, 0.4) is 0 Å². The minimum Gasteiger partial charge on any atom is -0.385 e. The van der Waals surface area contributed by atoms with E-state index in [-0.39, 0.29) is 0 Å². The largest absolute Gasteiger partial charge is 0.385 e. The van der Waals surface area contributed by atoms with Gasteiger partial charge in [0.15, 0.2) is 0 Å². The number of nitrogens with two attached hydrogens (primary N) is 1. The normalized spacial score (nSPS) is 16.8. The van der Waals surface area contributed by atoms with Crippen molar-refractivity contribution in [1.29, 1.82) is 0 Å². The number of nitrogen functional groups attached to an aromatic ring is 1. The van der Waals surface area contributed by atoms with E-state index in [1.54, 1.807) is 13.2 Å². The molecule has 0 atom stereocenters. The van der Waals surface area contributed by atoms with Gasteiger partial charge in [-0.05, 0) is 36.8 Å². The quantitative estimate of drug-likeness (QED) is 0.914. The lowest BCUT2D eigenvalue weighted by Crippen LogP contribution is -2.15. The second kappa shape index (κ2) is 5.10. The monoisotopic (exact) mass is 313 g/mol. The molecule has 0 aliphatic heterocycles. The van der Waals surface area contributed by atoms with Crippen LogP contribution < -0.4 is 5.73 Å². The third-order valence-corrected chi connectivity index (χ3v) is 4.83. The number of hydrogen-bond acceptors (Lipinski definition) is 3. The van der Waals surface area contributed by atoms with E-state index in [1.807, 2.05) is 10.6 Å². The maximum absolute atomic E-state index is 6.11. The fraction of sp³-hybridized carbons (Fsp3) is 0.500. The molecule has 1 aromatic heterocycles. The molecule has 0 saturated heterocycles. The Hall–Kier alpha value is -0.970. The molecule has 1 aromatic carbocycles. The lowest BCUT2D eigenvalue weighted by Gasteiger charge is -2.17. The van der Waals surface area contributed by atoms with Gasteiger partial charge in [0.25, 0.3) is 0 Å². The molecule has 1 fully saturated rings. The van der Waals surface area contributed by atoms with Crippen molar-refractivity contribution in [2.24, 2.45) is 5.41 Å². The first-order valence-corrected chi connectivity index (χ1v) is 7.40. The maximum atomic E-state index is 6.11. The number of nitrogens with zero attached hydrogens (tertiary/aromatic N) is 2. The minimum atomic E-state index is 0.296. The fourth-order valence-electron chi connectivity index (χ4n) is 2.62. The molecule has 4 nitrogen and oxygen atoms in total. The zero-order chi connectivity index (χ0) is 14.3. The van der Waals surface area contributed by atoms with E-state index in [0.29, 0.717) is 21.4 Å². The Morgan fingerprint density at radius 1 is 1.35 bits per heavy atom. The summed E-state index contributed by atoms with van der Waals surface area (Å²) < 4.78 is 7.24. The number of anilines is 1. The Balaban J connectivity index is 1.95. The van der Waals surface area contributed by atoms with Gasteiger partial charge in [0, 0.05) is 20.3 Å². The van der Waals surface area contributed by atoms with Crippen LogP contribution in [-0.4, -0.2) is 23.3 Å². The Labute approximate surface area is 127 Å². The Bertz CT molecular complexity index is 649. The van der Waals surface area contributed by atoms with Crippen LogP contribution in [0.2, 0.25) is 10.0 Å². The highest BCUT2D eigenvalue weighted by Crippen LogP contribution is 2.51. The maximum Gasteiger partial charge on any atom is 0.201 e. The summed E-state index contributed by atoms with van der Waals surface area (Å²) in [6.07, 6.45) is 3.46. The van der Waals surface area contributed by atoms with E-state index in [9.17, 15) is 0 Å². The minimum absolute atomic E-state index is 0.296. The second-order valence-electron chi connectivity index (χ2n) is 5.55. The SMILES string of the molecule is COCCC1(Cn2c(N)nc3cc(Cl)c(Cl)cc32)CC1. The molecule has 0 bridgehead atoms. The summed E-state index contributed by atoms with van der Waals surface area (Å²) in [4.78, 5) is 4.37. The predicted molar refractivity (Wildman–Crippen MR) is 82.3 cm³/mol. The van der Waals surface area contributed by atoms with Crippen LogP contribution in [0.25, 0.3) is 11.0 Å². The van der Waals surface area contributed by atoms with E-state index in [4.69, 9.17) is 33.7 Å². The topological polar surface area (TPSA) is 53.1 Å². The van der Waals surface area contributed by atoms with Gasteiger partial charge < -0.3 is 15.0 Å². The molecule has 108 valence electrons. The Morgan fingerprint density at radius 2 is 2.05 bits per heavy atom. The van der Waals surface area contributed by atoms with Gasteiger partial charge in [-0.25, -0.2) is 4.98 Å². The van der Waals surface area contributed by atoms with Gasteiger partial charge in [0.05, 0.1) is 21.1 Å². The zero-order valence-corrected chi connectivity index (χ0v) is 12.8. The van der Waals surface area contributed by atoms with Gasteiger partial charge in [-0.3, -0.25) is 0 Å². The molecule has 1 heterocycles. The van der Waals surface area contributed by atoms with Gasteiger partial charge in [-0.15, -0.1) is 0 Å². The van der Waals surface area contributed by atoms with E-state index < -0.39 is 0 Å². The van der Waals surface area contributed by atoms with Crippen molar-refractivity contribution in [3.63, 3.8) is 0 Å². The summed E-state index contributed by atoms with van der Waals surface area (Å²) in [6, 6.07) is 3.61. The molecule has 0 spiro atoms. The summed E-state index contributed by atoms with van der Waals surface area (Å²) in [5, 5.41) is 1.03. The number of rotatable bonds is 5. The molecule has 20 heavy (non-hydrogen) atoms. The zero-order valence-electron chi connectivity index (χ0n) is 11.3. The number of aromatic nitrogens is 2. The molecule has 1 aliphatic carbocycles. The number of imidazole rings is 1. The van der Waals surface area contributed by atoms with Gasteiger partial charge in [0.2, 0.25) is 5.95 Å². The molecule has 0 radical (unpaired) electrons. The van der Waals surface area contributed by atoms with Crippen molar-refractivity contribution < 1.29 is 4.74 Å². The van der Waals surface area contributed by atoms with Crippen LogP contribution in [0, 0.1) is 5.41 Å².